The molecule has 6 nitrogen and oxygen atoms in total. The van der Waals surface area contributed by atoms with Crippen LogP contribution in [-0.4, -0.2) is 38.3 Å². The van der Waals surface area contributed by atoms with Gasteiger partial charge in [0.2, 0.25) is 0 Å². The molecule has 23 heavy (non-hydrogen) atoms. The number of fused-ring (bicyclic) bond motifs is 2. The minimum atomic E-state index is -4.34. The smallest absolute Gasteiger partial charge is 0.294 e. The van der Waals surface area contributed by atoms with Gasteiger partial charge in [-0.05, 0) is 30.3 Å². The summed E-state index contributed by atoms with van der Waals surface area (Å²) in [5, 5.41) is 1.02. The van der Waals surface area contributed by atoms with E-state index in [1.165, 1.54) is 18.2 Å². The van der Waals surface area contributed by atoms with Crippen LogP contribution in [-0.2, 0) is 10.1 Å². The summed E-state index contributed by atoms with van der Waals surface area (Å²) >= 11 is 0. The van der Waals surface area contributed by atoms with Crippen LogP contribution in [0.3, 0.4) is 0 Å². The van der Waals surface area contributed by atoms with Crippen molar-refractivity contribution in [2.24, 2.45) is 0 Å². The first-order chi connectivity index (χ1) is 10.8. The molecule has 1 aromatic heterocycles. The highest BCUT2D eigenvalue weighted by molar-refractivity contribution is 7.85. The van der Waals surface area contributed by atoms with Gasteiger partial charge >= 0.3 is 0 Å². The Kier molecular flexibility index (Phi) is 3.54. The van der Waals surface area contributed by atoms with Crippen molar-refractivity contribution in [1.82, 2.24) is 4.98 Å². The highest BCUT2D eigenvalue weighted by atomic mass is 32.2. The van der Waals surface area contributed by atoms with Crippen LogP contribution >= 0.6 is 0 Å². The normalized spacial score (nSPS) is 11.8. The second-order valence-electron chi connectivity index (χ2n) is 5.39. The van der Waals surface area contributed by atoms with Gasteiger partial charge in [-0.15, -0.1) is 0 Å². The largest absolute Gasteiger partial charge is 0.378 e. The third kappa shape index (κ3) is 2.64. The molecule has 3 aromatic rings. The number of aromatic nitrogens is 1. The van der Waals surface area contributed by atoms with E-state index in [4.69, 9.17) is 0 Å². The van der Waals surface area contributed by atoms with E-state index in [2.05, 4.69) is 4.98 Å². The standard InChI is InChI=1S/C16H14N2O4S/c1-18(2)10-3-5-12-14(9-19)13-8-11(23(20,21)22)4-6-15(13)17-16(12)7-10/h3-9H,1-2H3,(H,20,21,22). The lowest BCUT2D eigenvalue weighted by atomic mass is 10.0. The van der Waals surface area contributed by atoms with Crippen molar-refractivity contribution >= 4 is 43.9 Å². The highest BCUT2D eigenvalue weighted by Crippen LogP contribution is 2.29. The van der Waals surface area contributed by atoms with Gasteiger partial charge in [-0.1, -0.05) is 6.07 Å². The molecule has 0 aliphatic rings. The van der Waals surface area contributed by atoms with Gasteiger partial charge in [-0.2, -0.15) is 8.42 Å². The number of pyridine rings is 1. The monoisotopic (exact) mass is 330 g/mol. The first kappa shape index (κ1) is 15.4. The van der Waals surface area contributed by atoms with Crippen molar-refractivity contribution in [2.75, 3.05) is 19.0 Å². The van der Waals surface area contributed by atoms with E-state index >= 15 is 0 Å². The fourth-order valence-corrected chi connectivity index (χ4v) is 3.02. The number of hydrogen-bond acceptors (Lipinski definition) is 5. The Bertz CT molecular complexity index is 1040. The summed E-state index contributed by atoms with van der Waals surface area (Å²) in [7, 11) is -0.533. The third-order valence-corrected chi connectivity index (χ3v) is 4.55. The molecule has 0 fully saturated rings. The van der Waals surface area contributed by atoms with Crippen LogP contribution in [0, 0.1) is 0 Å². The van der Waals surface area contributed by atoms with Crippen molar-refractivity contribution in [3.05, 3.63) is 42.0 Å². The van der Waals surface area contributed by atoms with E-state index in [1.807, 2.05) is 31.1 Å². The van der Waals surface area contributed by atoms with Crippen LogP contribution in [0.4, 0.5) is 5.69 Å². The second kappa shape index (κ2) is 5.29. The van der Waals surface area contributed by atoms with Crippen molar-refractivity contribution in [1.29, 1.82) is 0 Å². The SMILES string of the molecule is CN(C)c1ccc2c(C=O)c3cc(S(=O)(=O)O)ccc3nc2c1. The molecule has 0 radical (unpaired) electrons. The van der Waals surface area contributed by atoms with Gasteiger partial charge in [-0.3, -0.25) is 9.35 Å². The number of benzene rings is 2. The molecule has 0 saturated heterocycles. The average molecular weight is 330 g/mol. The van der Waals surface area contributed by atoms with Gasteiger partial charge in [0.1, 0.15) is 0 Å². The Morgan fingerprint density at radius 1 is 1.04 bits per heavy atom. The van der Waals surface area contributed by atoms with Gasteiger partial charge in [0.05, 0.1) is 15.9 Å². The highest BCUT2D eigenvalue weighted by Gasteiger charge is 2.14. The van der Waals surface area contributed by atoms with E-state index in [0.717, 1.165) is 5.69 Å². The number of aldehydes is 1. The lowest BCUT2D eigenvalue weighted by Gasteiger charge is -2.14. The van der Waals surface area contributed by atoms with E-state index < -0.39 is 10.1 Å². The molecule has 0 bridgehead atoms. The molecule has 0 unspecified atom stereocenters. The first-order valence-electron chi connectivity index (χ1n) is 6.79. The molecule has 118 valence electrons. The number of hydrogen-bond donors (Lipinski definition) is 1. The van der Waals surface area contributed by atoms with Crippen LogP contribution in [0.5, 0.6) is 0 Å². The summed E-state index contributed by atoms with van der Waals surface area (Å²) in [6.07, 6.45) is 0.676. The van der Waals surface area contributed by atoms with E-state index in [0.29, 0.717) is 33.7 Å². The third-order valence-electron chi connectivity index (χ3n) is 3.70. The second-order valence-corrected chi connectivity index (χ2v) is 6.81. The molecule has 1 N–H and O–H groups in total. The van der Waals surface area contributed by atoms with E-state index in [1.54, 1.807) is 6.07 Å². The zero-order chi connectivity index (χ0) is 16.8. The Labute approximate surface area is 133 Å². The maximum absolute atomic E-state index is 11.6. The van der Waals surface area contributed by atoms with Gasteiger partial charge in [0.15, 0.2) is 6.29 Å². The average Bonchev–Trinajstić information content (AvgIpc) is 2.50. The number of anilines is 1. The number of rotatable bonds is 3. The Morgan fingerprint density at radius 3 is 2.39 bits per heavy atom. The van der Waals surface area contributed by atoms with Crippen LogP contribution in [0.1, 0.15) is 10.4 Å². The fraction of sp³-hybridized carbons (Fsp3) is 0.125. The predicted molar refractivity (Wildman–Crippen MR) is 88.8 cm³/mol. The van der Waals surface area contributed by atoms with Crippen LogP contribution in [0.2, 0.25) is 0 Å². The molecule has 3 rings (SSSR count). The van der Waals surface area contributed by atoms with Gasteiger partial charge in [0.25, 0.3) is 10.1 Å². The molecule has 0 aliphatic carbocycles. The van der Waals surface area contributed by atoms with E-state index in [-0.39, 0.29) is 4.90 Å². The Morgan fingerprint density at radius 2 is 1.78 bits per heavy atom. The predicted octanol–water partition coefficient (Wildman–Crippen LogP) is 2.51. The summed E-state index contributed by atoms with van der Waals surface area (Å²) in [6.45, 7) is 0. The Balaban J connectivity index is 2.42. The molecule has 0 saturated carbocycles. The van der Waals surface area contributed by atoms with Crippen molar-refractivity contribution in [2.45, 2.75) is 4.90 Å². The topological polar surface area (TPSA) is 87.6 Å². The van der Waals surface area contributed by atoms with Gasteiger partial charge < -0.3 is 4.90 Å². The van der Waals surface area contributed by atoms with Gasteiger partial charge in [0, 0.05) is 36.1 Å². The molecule has 2 aromatic carbocycles. The number of nitrogens with zero attached hydrogens (tertiary/aromatic N) is 2. The molecule has 0 spiro atoms. The summed E-state index contributed by atoms with van der Waals surface area (Å²) in [5.74, 6) is 0. The molecule has 0 amide bonds. The van der Waals surface area contributed by atoms with Crippen LogP contribution < -0.4 is 4.90 Å². The summed E-state index contributed by atoms with van der Waals surface area (Å²) < 4.78 is 31.8. The van der Waals surface area contributed by atoms with Crippen LogP contribution in [0.25, 0.3) is 21.8 Å². The minimum absolute atomic E-state index is 0.265. The summed E-state index contributed by atoms with van der Waals surface area (Å²) in [4.78, 5) is 17.7. The number of carbonyl (C=O) groups excluding carboxylic acids is 1. The molecule has 1 heterocycles. The minimum Gasteiger partial charge on any atom is -0.378 e. The molecular formula is C16H14N2O4S. The van der Waals surface area contributed by atoms with Crippen molar-refractivity contribution in [3.8, 4) is 0 Å². The van der Waals surface area contributed by atoms with E-state index in [9.17, 15) is 17.8 Å². The lowest BCUT2D eigenvalue weighted by Crippen LogP contribution is -2.08. The van der Waals surface area contributed by atoms with Gasteiger partial charge in [-0.25, -0.2) is 4.98 Å². The number of carbonyl (C=O) groups is 1. The maximum atomic E-state index is 11.6. The zero-order valence-electron chi connectivity index (χ0n) is 12.5. The fourth-order valence-electron chi connectivity index (χ4n) is 2.51. The Hall–Kier alpha value is -2.51. The molecule has 0 aliphatic heterocycles. The van der Waals surface area contributed by atoms with Crippen molar-refractivity contribution < 1.29 is 17.8 Å². The summed E-state index contributed by atoms with van der Waals surface area (Å²) in [5.41, 5.74) is 2.42. The van der Waals surface area contributed by atoms with Crippen molar-refractivity contribution in [3.63, 3.8) is 0 Å². The molecule has 7 heteroatoms. The first-order valence-corrected chi connectivity index (χ1v) is 8.23. The quantitative estimate of drug-likeness (QED) is 0.451. The summed E-state index contributed by atoms with van der Waals surface area (Å²) in [6, 6.07) is 9.50. The zero-order valence-corrected chi connectivity index (χ0v) is 13.3. The maximum Gasteiger partial charge on any atom is 0.294 e. The molecular weight excluding hydrogens is 316 g/mol. The van der Waals surface area contributed by atoms with Crippen LogP contribution in [0.15, 0.2) is 41.3 Å². The lowest BCUT2D eigenvalue weighted by molar-refractivity contribution is 0.112. The molecule has 0 atom stereocenters.